The summed E-state index contributed by atoms with van der Waals surface area (Å²) >= 11 is 0. The molecule has 156 valence electrons. The van der Waals surface area contributed by atoms with Crippen LogP contribution >= 0.6 is 24.0 Å². The number of nitrogens with zero attached hydrogens (tertiary/aromatic N) is 4. The van der Waals surface area contributed by atoms with E-state index >= 15 is 0 Å². The molecule has 0 bridgehead atoms. The zero-order chi connectivity index (χ0) is 19.1. The van der Waals surface area contributed by atoms with Crippen LogP contribution in [-0.2, 0) is 14.3 Å². The number of piperazine rings is 1. The summed E-state index contributed by atoms with van der Waals surface area (Å²) < 4.78 is 5.51. The summed E-state index contributed by atoms with van der Waals surface area (Å²) in [5.74, 6) is 1.31. The van der Waals surface area contributed by atoms with Gasteiger partial charge in [-0.15, -0.1) is 24.0 Å². The van der Waals surface area contributed by atoms with Crippen molar-refractivity contribution in [2.45, 2.75) is 32.8 Å². The van der Waals surface area contributed by atoms with Crippen molar-refractivity contribution in [3.05, 3.63) is 0 Å². The second-order valence-corrected chi connectivity index (χ2v) is 7.52. The van der Waals surface area contributed by atoms with E-state index in [4.69, 9.17) is 4.74 Å². The molecule has 0 spiro atoms. The molecule has 2 heterocycles. The van der Waals surface area contributed by atoms with Crippen LogP contribution in [0.1, 0.15) is 26.7 Å². The lowest BCUT2D eigenvalue weighted by molar-refractivity contribution is -0.142. The topological polar surface area (TPSA) is 77.5 Å². The van der Waals surface area contributed by atoms with E-state index in [9.17, 15) is 9.59 Å². The lowest BCUT2D eigenvalue weighted by atomic mass is 10.2. The summed E-state index contributed by atoms with van der Waals surface area (Å²) in [6.07, 6.45) is 1.53. The van der Waals surface area contributed by atoms with Crippen LogP contribution in [0.25, 0.3) is 0 Å². The van der Waals surface area contributed by atoms with Gasteiger partial charge in [-0.3, -0.25) is 9.59 Å². The largest absolute Gasteiger partial charge is 0.368 e. The van der Waals surface area contributed by atoms with Crippen LogP contribution in [0, 0.1) is 5.92 Å². The number of hydrogen-bond acceptors (Lipinski definition) is 4. The number of nitrogens with one attached hydrogen (secondary N) is 1. The van der Waals surface area contributed by atoms with Gasteiger partial charge in [0.05, 0.1) is 0 Å². The third-order valence-electron chi connectivity index (χ3n) is 4.63. The highest BCUT2D eigenvalue weighted by molar-refractivity contribution is 14.0. The smallest absolute Gasteiger partial charge is 0.251 e. The Hall–Kier alpha value is -1.10. The fraction of sp³-hybridized carbons (Fsp3) is 0.833. The highest BCUT2D eigenvalue weighted by Gasteiger charge is 2.31. The predicted octanol–water partition coefficient (Wildman–Crippen LogP) is 0.617. The summed E-state index contributed by atoms with van der Waals surface area (Å²) in [7, 11) is 3.46. The normalized spacial score (nSPS) is 20.5. The van der Waals surface area contributed by atoms with Crippen molar-refractivity contribution in [2.75, 3.05) is 60.0 Å². The summed E-state index contributed by atoms with van der Waals surface area (Å²) in [5.41, 5.74) is 0. The standard InChI is InChI=1S/C18H33N5O3.HI/c1-14(2)12-19-18(20-13-16(24)21(3)4)23-9-7-22(8-10-23)17(25)15-6-5-11-26-15;/h14-15H,5-13H2,1-4H3,(H,19,20);1H. The summed E-state index contributed by atoms with van der Waals surface area (Å²) in [6, 6.07) is 0. The van der Waals surface area contributed by atoms with Gasteiger partial charge in [0.2, 0.25) is 5.91 Å². The molecule has 0 aromatic rings. The number of rotatable bonds is 5. The first-order valence-electron chi connectivity index (χ1n) is 9.52. The molecule has 0 radical (unpaired) electrons. The summed E-state index contributed by atoms with van der Waals surface area (Å²) in [6.45, 7) is 8.60. The molecule has 2 fully saturated rings. The number of hydrogen-bond donors (Lipinski definition) is 1. The van der Waals surface area contributed by atoms with Gasteiger partial charge in [-0.05, 0) is 18.8 Å². The molecular weight excluding hydrogens is 461 g/mol. The van der Waals surface area contributed by atoms with Crippen LogP contribution in [0.3, 0.4) is 0 Å². The molecule has 9 heteroatoms. The molecule has 2 aliphatic heterocycles. The van der Waals surface area contributed by atoms with Crippen LogP contribution in [-0.4, -0.2) is 98.5 Å². The van der Waals surface area contributed by atoms with Crippen LogP contribution in [0.2, 0.25) is 0 Å². The maximum Gasteiger partial charge on any atom is 0.251 e. The fourth-order valence-electron chi connectivity index (χ4n) is 2.96. The third-order valence-corrected chi connectivity index (χ3v) is 4.63. The second kappa shape index (κ2) is 11.7. The molecule has 27 heavy (non-hydrogen) atoms. The van der Waals surface area contributed by atoms with E-state index in [1.165, 1.54) is 0 Å². The minimum absolute atomic E-state index is 0. The highest BCUT2D eigenvalue weighted by atomic mass is 127. The van der Waals surface area contributed by atoms with Crippen molar-refractivity contribution >= 4 is 41.8 Å². The van der Waals surface area contributed by atoms with Gasteiger partial charge in [-0.1, -0.05) is 13.8 Å². The van der Waals surface area contributed by atoms with Crippen LogP contribution in [0.4, 0.5) is 0 Å². The van der Waals surface area contributed by atoms with E-state index < -0.39 is 0 Å². The molecule has 2 rings (SSSR count). The first kappa shape index (κ1) is 23.9. The molecule has 0 aliphatic carbocycles. The quantitative estimate of drug-likeness (QED) is 0.344. The number of likely N-dealkylation sites (N-methyl/N-ethyl adjacent to an activating group) is 1. The number of halogens is 1. The van der Waals surface area contributed by atoms with Gasteiger partial charge in [0.25, 0.3) is 5.91 Å². The molecule has 1 atom stereocenters. The molecule has 0 aromatic heterocycles. The average molecular weight is 495 g/mol. The van der Waals surface area contributed by atoms with Crippen molar-refractivity contribution in [3.8, 4) is 0 Å². The second-order valence-electron chi connectivity index (χ2n) is 7.52. The van der Waals surface area contributed by atoms with Gasteiger partial charge >= 0.3 is 0 Å². The van der Waals surface area contributed by atoms with Gasteiger partial charge in [0.15, 0.2) is 5.96 Å². The van der Waals surface area contributed by atoms with Crippen molar-refractivity contribution in [1.82, 2.24) is 20.0 Å². The number of guanidine groups is 1. The van der Waals surface area contributed by atoms with E-state index in [0.717, 1.165) is 25.3 Å². The number of amides is 2. The zero-order valence-electron chi connectivity index (χ0n) is 16.9. The average Bonchev–Trinajstić information content (AvgIpc) is 3.15. The molecular formula is C18H34IN5O3. The molecule has 2 aliphatic rings. The number of aliphatic imine (C=N–C) groups is 1. The Morgan fingerprint density at radius 1 is 1.19 bits per heavy atom. The lowest BCUT2D eigenvalue weighted by Gasteiger charge is -2.37. The predicted molar refractivity (Wildman–Crippen MR) is 116 cm³/mol. The first-order chi connectivity index (χ1) is 12.4. The Bertz CT molecular complexity index is 513. The first-order valence-corrected chi connectivity index (χ1v) is 9.52. The lowest BCUT2D eigenvalue weighted by Crippen LogP contribution is -2.55. The maximum atomic E-state index is 12.5. The van der Waals surface area contributed by atoms with Gasteiger partial charge in [0.1, 0.15) is 12.6 Å². The number of carbonyl (C=O) groups excluding carboxylic acids is 2. The van der Waals surface area contributed by atoms with Crippen LogP contribution in [0.5, 0.6) is 0 Å². The van der Waals surface area contributed by atoms with Crippen molar-refractivity contribution in [2.24, 2.45) is 10.9 Å². The Labute approximate surface area is 179 Å². The molecule has 1 N–H and O–H groups in total. The Kier molecular flexibility index (Phi) is 10.4. The van der Waals surface area contributed by atoms with Crippen molar-refractivity contribution in [1.29, 1.82) is 0 Å². The van der Waals surface area contributed by atoms with Crippen LogP contribution in [0.15, 0.2) is 4.99 Å². The number of ether oxygens (including phenoxy) is 1. The minimum atomic E-state index is -0.258. The van der Waals surface area contributed by atoms with E-state index in [2.05, 4.69) is 29.1 Å². The molecule has 2 amide bonds. The van der Waals surface area contributed by atoms with Crippen LogP contribution < -0.4 is 5.32 Å². The molecule has 2 saturated heterocycles. The van der Waals surface area contributed by atoms with Gasteiger partial charge in [-0.25, -0.2) is 4.99 Å². The van der Waals surface area contributed by atoms with Gasteiger partial charge in [0, 0.05) is 53.4 Å². The Balaban J connectivity index is 0.00000364. The molecule has 0 aromatic carbocycles. The number of carbonyl (C=O) groups is 2. The molecule has 8 nitrogen and oxygen atoms in total. The summed E-state index contributed by atoms with van der Waals surface area (Å²) in [5, 5.41) is 3.36. The molecule has 1 unspecified atom stereocenters. The van der Waals surface area contributed by atoms with E-state index in [-0.39, 0.29) is 48.4 Å². The molecule has 0 saturated carbocycles. The zero-order valence-corrected chi connectivity index (χ0v) is 19.3. The summed E-state index contributed by atoms with van der Waals surface area (Å²) in [4.78, 5) is 34.4. The van der Waals surface area contributed by atoms with E-state index in [0.29, 0.717) is 38.7 Å². The minimum Gasteiger partial charge on any atom is -0.368 e. The third kappa shape index (κ3) is 7.44. The van der Waals surface area contributed by atoms with E-state index in [1.807, 2.05) is 4.90 Å². The SMILES string of the molecule is CC(C)CNC(=NCC(=O)N(C)C)N1CCN(C(=O)C2CCCO2)CC1.I. The highest BCUT2D eigenvalue weighted by Crippen LogP contribution is 2.16. The Morgan fingerprint density at radius 2 is 1.81 bits per heavy atom. The van der Waals surface area contributed by atoms with Crippen molar-refractivity contribution in [3.63, 3.8) is 0 Å². The van der Waals surface area contributed by atoms with Gasteiger partial charge < -0.3 is 24.8 Å². The van der Waals surface area contributed by atoms with Gasteiger partial charge in [-0.2, -0.15) is 0 Å². The maximum absolute atomic E-state index is 12.5. The van der Waals surface area contributed by atoms with E-state index in [1.54, 1.807) is 19.0 Å². The Morgan fingerprint density at radius 3 is 2.33 bits per heavy atom. The fourth-order valence-corrected chi connectivity index (χ4v) is 2.96. The van der Waals surface area contributed by atoms with Crippen molar-refractivity contribution < 1.29 is 14.3 Å². The monoisotopic (exact) mass is 495 g/mol.